The lowest BCUT2D eigenvalue weighted by molar-refractivity contribution is 0.0697. The van der Waals surface area contributed by atoms with Gasteiger partial charge in [-0.2, -0.15) is 5.26 Å². The zero-order valence-electron chi connectivity index (χ0n) is 10.1. The number of thioether (sulfide) groups is 1. The van der Waals surface area contributed by atoms with Crippen molar-refractivity contribution in [2.45, 2.75) is 26.7 Å². The molecule has 1 aromatic rings. The summed E-state index contributed by atoms with van der Waals surface area (Å²) in [4.78, 5) is 10.3. The van der Waals surface area contributed by atoms with Crippen molar-refractivity contribution in [3.63, 3.8) is 0 Å². The summed E-state index contributed by atoms with van der Waals surface area (Å²) in [5.74, 6) is 0.118. The van der Waals surface area contributed by atoms with Gasteiger partial charge in [-0.3, -0.25) is 0 Å². The maximum Gasteiger partial charge on any atom is 0.335 e. The summed E-state index contributed by atoms with van der Waals surface area (Å²) in [7, 11) is 0. The van der Waals surface area contributed by atoms with Crippen LogP contribution in [0.15, 0.2) is 24.3 Å². The number of hydrogen-bond acceptors (Lipinski definition) is 3. The smallest absolute Gasteiger partial charge is 0.335 e. The molecular weight excluding hydrogens is 234 g/mol. The molecule has 0 saturated carbocycles. The van der Waals surface area contributed by atoms with E-state index in [4.69, 9.17) is 10.4 Å². The van der Waals surface area contributed by atoms with Gasteiger partial charge in [0.2, 0.25) is 0 Å². The third-order valence-corrected chi connectivity index (χ3v) is 2.58. The van der Waals surface area contributed by atoms with Crippen LogP contribution in [0, 0.1) is 17.6 Å². The molecular formula is C13H17NO2S. The summed E-state index contributed by atoms with van der Waals surface area (Å²) < 4.78 is 0. The van der Waals surface area contributed by atoms with E-state index >= 15 is 0 Å². The van der Waals surface area contributed by atoms with Crippen molar-refractivity contribution in [3.8, 4) is 5.40 Å². The Morgan fingerprint density at radius 1 is 1.41 bits per heavy atom. The molecule has 0 heterocycles. The highest BCUT2D eigenvalue weighted by Gasteiger charge is 1.98. The summed E-state index contributed by atoms with van der Waals surface area (Å²) >= 11 is 1.34. The van der Waals surface area contributed by atoms with Gasteiger partial charge < -0.3 is 5.11 Å². The maximum atomic E-state index is 10.3. The molecule has 0 unspecified atom stereocenters. The molecule has 0 bridgehead atoms. The van der Waals surface area contributed by atoms with Crippen molar-refractivity contribution in [3.05, 3.63) is 35.4 Å². The van der Waals surface area contributed by atoms with E-state index in [1.807, 2.05) is 12.3 Å². The van der Waals surface area contributed by atoms with Crippen molar-refractivity contribution in [1.29, 1.82) is 5.26 Å². The number of aryl methyl sites for hydroxylation is 1. The number of carboxylic acid groups (broad SMARTS) is 1. The number of carbonyl (C=O) groups is 1. The lowest BCUT2D eigenvalue weighted by Crippen LogP contribution is -1.94. The third-order valence-electron chi connectivity index (χ3n) is 1.96. The van der Waals surface area contributed by atoms with Crippen molar-refractivity contribution in [2.75, 3.05) is 5.75 Å². The molecule has 0 aromatic heterocycles. The molecule has 0 saturated heterocycles. The van der Waals surface area contributed by atoms with E-state index in [-0.39, 0.29) is 0 Å². The Bertz CT molecular complexity index is 368. The molecule has 0 amide bonds. The molecule has 0 fully saturated rings. The van der Waals surface area contributed by atoms with Gasteiger partial charge in [-0.05, 0) is 37.2 Å². The SMILES string of the molecule is CCCCSC#N.Cc1ccc(C(=O)O)cc1. The summed E-state index contributed by atoms with van der Waals surface area (Å²) in [6.45, 7) is 4.05. The van der Waals surface area contributed by atoms with Gasteiger partial charge in [0, 0.05) is 5.75 Å². The summed E-state index contributed by atoms with van der Waals surface area (Å²) in [6.07, 6.45) is 2.35. The first-order valence-corrected chi connectivity index (χ1v) is 6.41. The van der Waals surface area contributed by atoms with Crippen LogP contribution in [0.4, 0.5) is 0 Å². The van der Waals surface area contributed by atoms with Crippen LogP contribution in [-0.4, -0.2) is 16.8 Å². The molecule has 1 N–H and O–H groups in total. The second-order valence-electron chi connectivity index (χ2n) is 3.46. The first-order valence-electron chi connectivity index (χ1n) is 5.42. The lowest BCUT2D eigenvalue weighted by atomic mass is 10.2. The normalized spacial score (nSPS) is 8.76. The third kappa shape index (κ3) is 8.35. The molecule has 4 heteroatoms. The van der Waals surface area contributed by atoms with E-state index in [1.54, 1.807) is 24.3 Å². The Morgan fingerprint density at radius 3 is 2.41 bits per heavy atom. The molecule has 1 aromatic carbocycles. The van der Waals surface area contributed by atoms with Gasteiger partial charge in [-0.15, -0.1) is 0 Å². The maximum absolute atomic E-state index is 10.3. The number of hydrogen-bond donors (Lipinski definition) is 1. The van der Waals surface area contributed by atoms with Gasteiger partial charge in [0.25, 0.3) is 0 Å². The average molecular weight is 251 g/mol. The van der Waals surface area contributed by atoms with Gasteiger partial charge in [0.05, 0.1) is 5.56 Å². The van der Waals surface area contributed by atoms with E-state index in [0.717, 1.165) is 17.7 Å². The van der Waals surface area contributed by atoms with Crippen molar-refractivity contribution in [2.24, 2.45) is 0 Å². The monoisotopic (exact) mass is 251 g/mol. The van der Waals surface area contributed by atoms with Crippen LogP contribution in [-0.2, 0) is 0 Å². The van der Waals surface area contributed by atoms with E-state index in [0.29, 0.717) is 5.56 Å². The van der Waals surface area contributed by atoms with E-state index in [1.165, 1.54) is 18.2 Å². The number of aromatic carboxylic acids is 1. The van der Waals surface area contributed by atoms with E-state index in [9.17, 15) is 4.79 Å². The van der Waals surface area contributed by atoms with Crippen LogP contribution in [0.2, 0.25) is 0 Å². The quantitative estimate of drug-likeness (QED) is 0.654. The van der Waals surface area contributed by atoms with Crippen molar-refractivity contribution < 1.29 is 9.90 Å². The Kier molecular flexibility index (Phi) is 8.89. The molecule has 0 spiro atoms. The Labute approximate surface area is 106 Å². The number of carboxylic acids is 1. The number of unbranched alkanes of at least 4 members (excludes halogenated alkanes) is 1. The fourth-order valence-electron chi connectivity index (χ4n) is 0.958. The zero-order valence-corrected chi connectivity index (χ0v) is 11.0. The van der Waals surface area contributed by atoms with Gasteiger partial charge in [0.15, 0.2) is 0 Å². The van der Waals surface area contributed by atoms with Gasteiger partial charge in [-0.1, -0.05) is 31.0 Å². The highest BCUT2D eigenvalue weighted by atomic mass is 32.2. The fourth-order valence-corrected chi connectivity index (χ4v) is 1.48. The fraction of sp³-hybridized carbons (Fsp3) is 0.385. The molecule has 1 rings (SSSR count). The predicted octanol–water partition coefficient (Wildman–Crippen LogP) is 3.69. The molecule has 17 heavy (non-hydrogen) atoms. The lowest BCUT2D eigenvalue weighted by Gasteiger charge is -1.92. The highest BCUT2D eigenvalue weighted by molar-refractivity contribution is 8.03. The Hall–Kier alpha value is -1.47. The van der Waals surface area contributed by atoms with Crippen LogP contribution >= 0.6 is 11.8 Å². The molecule has 0 radical (unpaired) electrons. The van der Waals surface area contributed by atoms with Gasteiger partial charge in [-0.25, -0.2) is 4.79 Å². The summed E-state index contributed by atoms with van der Waals surface area (Å²) in [6, 6.07) is 6.75. The number of rotatable bonds is 4. The van der Waals surface area contributed by atoms with E-state index in [2.05, 4.69) is 6.92 Å². The first-order chi connectivity index (χ1) is 8.11. The van der Waals surface area contributed by atoms with Crippen molar-refractivity contribution in [1.82, 2.24) is 0 Å². The van der Waals surface area contributed by atoms with Gasteiger partial charge >= 0.3 is 5.97 Å². The number of nitrogens with zero attached hydrogens (tertiary/aromatic N) is 1. The minimum Gasteiger partial charge on any atom is -0.478 e. The second-order valence-corrected chi connectivity index (χ2v) is 4.34. The van der Waals surface area contributed by atoms with E-state index < -0.39 is 5.97 Å². The standard InChI is InChI=1S/C8H8O2.C5H9NS/c1-6-2-4-7(5-3-6)8(9)10;1-2-3-4-7-5-6/h2-5H,1H3,(H,9,10);2-4H2,1H3. The summed E-state index contributed by atoms with van der Waals surface area (Å²) in [5, 5.41) is 18.5. The molecule has 3 nitrogen and oxygen atoms in total. The van der Waals surface area contributed by atoms with Crippen LogP contribution in [0.1, 0.15) is 35.7 Å². The zero-order chi connectivity index (χ0) is 13.1. The van der Waals surface area contributed by atoms with Crippen LogP contribution in [0.3, 0.4) is 0 Å². The number of nitriles is 1. The summed E-state index contributed by atoms with van der Waals surface area (Å²) in [5.41, 5.74) is 1.41. The molecule has 92 valence electrons. The van der Waals surface area contributed by atoms with Crippen LogP contribution < -0.4 is 0 Å². The predicted molar refractivity (Wildman–Crippen MR) is 71.1 cm³/mol. The topological polar surface area (TPSA) is 61.1 Å². The largest absolute Gasteiger partial charge is 0.478 e. The molecule has 0 atom stereocenters. The second kappa shape index (κ2) is 9.73. The average Bonchev–Trinajstić information content (AvgIpc) is 2.31. The molecule has 0 aliphatic heterocycles. The molecule has 0 aliphatic rings. The van der Waals surface area contributed by atoms with Crippen LogP contribution in [0.25, 0.3) is 0 Å². The molecule has 0 aliphatic carbocycles. The van der Waals surface area contributed by atoms with Crippen molar-refractivity contribution >= 4 is 17.7 Å². The Morgan fingerprint density at radius 2 is 2.00 bits per heavy atom. The highest BCUT2D eigenvalue weighted by Crippen LogP contribution is 2.01. The minimum atomic E-state index is -0.875. The minimum absolute atomic E-state index is 0.339. The van der Waals surface area contributed by atoms with Gasteiger partial charge in [0.1, 0.15) is 5.40 Å². The first kappa shape index (κ1) is 15.5. The number of benzene rings is 1. The van der Waals surface area contributed by atoms with Crippen LogP contribution in [0.5, 0.6) is 0 Å². The Balaban J connectivity index is 0.000000325. The number of thiocyanates is 1.